The van der Waals surface area contributed by atoms with Crippen molar-refractivity contribution in [3.63, 3.8) is 0 Å². The van der Waals surface area contributed by atoms with Crippen molar-refractivity contribution in [2.24, 2.45) is 0 Å². The second-order valence-electron chi connectivity index (χ2n) is 3.86. The molecule has 0 saturated carbocycles. The van der Waals surface area contributed by atoms with Crippen molar-refractivity contribution in [1.29, 1.82) is 0 Å². The molecule has 2 aromatic rings. The minimum atomic E-state index is 0.557. The van der Waals surface area contributed by atoms with Crippen LogP contribution < -0.4 is 15.8 Å². The van der Waals surface area contributed by atoms with E-state index in [1.54, 1.807) is 12.4 Å². The summed E-state index contributed by atoms with van der Waals surface area (Å²) in [5.41, 5.74) is 6.62. The maximum absolute atomic E-state index is 5.71. The summed E-state index contributed by atoms with van der Waals surface area (Å²) in [7, 11) is 0. The highest BCUT2D eigenvalue weighted by Crippen LogP contribution is 2.22. The molecule has 0 amide bonds. The van der Waals surface area contributed by atoms with Crippen LogP contribution in [0.2, 0.25) is 0 Å². The summed E-state index contributed by atoms with van der Waals surface area (Å²) in [5, 5.41) is 9.74. The van der Waals surface area contributed by atoms with Gasteiger partial charge in [-0.05, 0) is 18.6 Å². The number of hydrogen-bond donors (Lipinski definition) is 3. The molecule has 0 saturated heterocycles. The first-order valence-electron chi connectivity index (χ1n) is 5.90. The van der Waals surface area contributed by atoms with Gasteiger partial charge in [-0.1, -0.05) is 6.92 Å². The lowest BCUT2D eigenvalue weighted by molar-refractivity contribution is 0.318. The fourth-order valence-corrected chi connectivity index (χ4v) is 1.49. The topological polar surface area (TPSA) is 88.8 Å². The molecular formula is C12H17N5O. The summed E-state index contributed by atoms with van der Waals surface area (Å²) in [6, 6.07) is 3.74. The molecule has 0 radical (unpaired) electrons. The number of nitrogens with zero attached hydrogens (tertiary/aromatic N) is 2. The minimum absolute atomic E-state index is 0.557. The number of aromatic amines is 1. The van der Waals surface area contributed by atoms with Crippen LogP contribution in [0.5, 0.6) is 5.75 Å². The summed E-state index contributed by atoms with van der Waals surface area (Å²) in [4.78, 5) is 4.25. The number of nitrogens with two attached hydrogens (primary N) is 1. The molecule has 2 heterocycles. The third-order valence-electron chi connectivity index (χ3n) is 2.43. The van der Waals surface area contributed by atoms with E-state index in [1.165, 1.54) is 0 Å². The third-order valence-corrected chi connectivity index (χ3v) is 2.43. The van der Waals surface area contributed by atoms with Gasteiger partial charge in [-0.3, -0.25) is 5.10 Å². The highest BCUT2D eigenvalue weighted by Gasteiger charge is 2.06. The minimum Gasteiger partial charge on any atom is -0.490 e. The molecule has 0 aliphatic heterocycles. The monoisotopic (exact) mass is 247 g/mol. The first-order chi connectivity index (χ1) is 8.81. The Bertz CT molecular complexity index is 497. The second-order valence-corrected chi connectivity index (χ2v) is 3.86. The van der Waals surface area contributed by atoms with Crippen molar-refractivity contribution in [3.05, 3.63) is 30.1 Å². The normalized spacial score (nSPS) is 10.3. The van der Waals surface area contributed by atoms with Crippen molar-refractivity contribution in [1.82, 2.24) is 15.2 Å². The molecule has 0 bridgehead atoms. The fourth-order valence-electron chi connectivity index (χ4n) is 1.49. The highest BCUT2D eigenvalue weighted by atomic mass is 16.5. The molecule has 6 heteroatoms. The Labute approximate surface area is 106 Å². The van der Waals surface area contributed by atoms with Gasteiger partial charge in [-0.15, -0.1) is 0 Å². The molecule has 2 rings (SSSR count). The first kappa shape index (κ1) is 12.2. The van der Waals surface area contributed by atoms with E-state index in [-0.39, 0.29) is 0 Å². The van der Waals surface area contributed by atoms with Crippen LogP contribution in [-0.4, -0.2) is 21.8 Å². The number of anilines is 2. The van der Waals surface area contributed by atoms with Gasteiger partial charge in [0.1, 0.15) is 5.82 Å². The van der Waals surface area contributed by atoms with Crippen LogP contribution in [0.4, 0.5) is 11.6 Å². The summed E-state index contributed by atoms with van der Waals surface area (Å²) in [5.74, 6) is 2.03. The van der Waals surface area contributed by atoms with E-state index in [1.807, 2.05) is 12.1 Å². The SMILES string of the molecule is CCCOc1cccnc1NCc1cn[nH]c1N. The quantitative estimate of drug-likeness (QED) is 0.724. The zero-order valence-electron chi connectivity index (χ0n) is 10.3. The zero-order valence-corrected chi connectivity index (χ0v) is 10.3. The van der Waals surface area contributed by atoms with Gasteiger partial charge in [0.25, 0.3) is 0 Å². The van der Waals surface area contributed by atoms with E-state index in [9.17, 15) is 0 Å². The van der Waals surface area contributed by atoms with Crippen molar-refractivity contribution in [2.45, 2.75) is 19.9 Å². The molecule has 6 nitrogen and oxygen atoms in total. The van der Waals surface area contributed by atoms with Gasteiger partial charge >= 0.3 is 0 Å². The highest BCUT2D eigenvalue weighted by molar-refractivity contribution is 5.51. The number of ether oxygens (including phenoxy) is 1. The molecule has 0 atom stereocenters. The van der Waals surface area contributed by atoms with Crippen LogP contribution >= 0.6 is 0 Å². The van der Waals surface area contributed by atoms with Crippen LogP contribution in [0.25, 0.3) is 0 Å². The van der Waals surface area contributed by atoms with Crippen LogP contribution in [0.15, 0.2) is 24.5 Å². The van der Waals surface area contributed by atoms with Crippen LogP contribution in [0, 0.1) is 0 Å². The smallest absolute Gasteiger partial charge is 0.169 e. The maximum Gasteiger partial charge on any atom is 0.169 e. The molecule has 0 spiro atoms. The largest absolute Gasteiger partial charge is 0.490 e. The van der Waals surface area contributed by atoms with Gasteiger partial charge in [0.2, 0.25) is 0 Å². The maximum atomic E-state index is 5.71. The standard InChI is InChI=1S/C12H17N5O/c1-2-6-18-10-4-3-5-14-12(10)15-7-9-8-16-17-11(9)13/h3-5,8H,2,6-7H2,1H3,(H,14,15)(H3,13,16,17). The van der Waals surface area contributed by atoms with E-state index >= 15 is 0 Å². The van der Waals surface area contributed by atoms with Gasteiger partial charge in [-0.2, -0.15) is 5.10 Å². The van der Waals surface area contributed by atoms with E-state index in [0.717, 1.165) is 17.7 Å². The number of aromatic nitrogens is 3. The molecule has 18 heavy (non-hydrogen) atoms. The molecule has 0 fully saturated rings. The van der Waals surface area contributed by atoms with E-state index in [2.05, 4.69) is 27.4 Å². The Kier molecular flexibility index (Phi) is 4.01. The molecule has 0 aliphatic carbocycles. The van der Waals surface area contributed by atoms with Gasteiger partial charge in [-0.25, -0.2) is 4.98 Å². The molecular weight excluding hydrogens is 230 g/mol. The lowest BCUT2D eigenvalue weighted by Crippen LogP contribution is -2.06. The Morgan fingerprint density at radius 1 is 1.50 bits per heavy atom. The number of nitrogens with one attached hydrogen (secondary N) is 2. The lowest BCUT2D eigenvalue weighted by atomic mass is 10.3. The average Bonchev–Trinajstić information content (AvgIpc) is 2.80. The zero-order chi connectivity index (χ0) is 12.8. The summed E-state index contributed by atoms with van der Waals surface area (Å²) < 4.78 is 5.61. The fraction of sp³-hybridized carbons (Fsp3) is 0.333. The number of H-pyrrole nitrogens is 1. The Morgan fingerprint density at radius 2 is 2.39 bits per heavy atom. The van der Waals surface area contributed by atoms with Crippen molar-refractivity contribution >= 4 is 11.6 Å². The number of rotatable bonds is 6. The summed E-state index contributed by atoms with van der Waals surface area (Å²) in [6.07, 6.45) is 4.38. The second kappa shape index (κ2) is 5.90. The molecule has 0 aromatic carbocycles. The van der Waals surface area contributed by atoms with Crippen molar-refractivity contribution < 1.29 is 4.74 Å². The van der Waals surface area contributed by atoms with Crippen molar-refractivity contribution in [2.75, 3.05) is 17.7 Å². The van der Waals surface area contributed by atoms with Crippen LogP contribution in [0.3, 0.4) is 0 Å². The predicted octanol–water partition coefficient (Wildman–Crippen LogP) is 1.79. The van der Waals surface area contributed by atoms with Crippen molar-refractivity contribution in [3.8, 4) is 5.75 Å². The third kappa shape index (κ3) is 2.91. The van der Waals surface area contributed by atoms with Crippen LogP contribution in [0.1, 0.15) is 18.9 Å². The molecule has 2 aromatic heterocycles. The molecule has 0 unspecified atom stereocenters. The molecule has 4 N–H and O–H groups in total. The van der Waals surface area contributed by atoms with E-state index in [4.69, 9.17) is 10.5 Å². The first-order valence-corrected chi connectivity index (χ1v) is 5.90. The molecule has 96 valence electrons. The van der Waals surface area contributed by atoms with Gasteiger partial charge in [0.15, 0.2) is 11.6 Å². The Morgan fingerprint density at radius 3 is 3.11 bits per heavy atom. The number of hydrogen-bond acceptors (Lipinski definition) is 5. The van der Waals surface area contributed by atoms with E-state index in [0.29, 0.717) is 24.8 Å². The van der Waals surface area contributed by atoms with Gasteiger partial charge < -0.3 is 15.8 Å². The summed E-state index contributed by atoms with van der Waals surface area (Å²) >= 11 is 0. The van der Waals surface area contributed by atoms with Crippen LogP contribution in [-0.2, 0) is 6.54 Å². The lowest BCUT2D eigenvalue weighted by Gasteiger charge is -2.11. The van der Waals surface area contributed by atoms with Gasteiger partial charge in [0, 0.05) is 18.3 Å². The Balaban J connectivity index is 2.02. The van der Waals surface area contributed by atoms with E-state index < -0.39 is 0 Å². The summed E-state index contributed by atoms with van der Waals surface area (Å²) in [6.45, 7) is 3.30. The average molecular weight is 247 g/mol. The number of nitrogen functional groups attached to an aromatic ring is 1. The molecule has 0 aliphatic rings. The predicted molar refractivity (Wildman–Crippen MR) is 70.3 cm³/mol. The number of pyridine rings is 1. The Hall–Kier alpha value is -2.24. The van der Waals surface area contributed by atoms with Gasteiger partial charge in [0.05, 0.1) is 12.8 Å².